The molecular weight excluding hydrogens is 985 g/mol. The molecule has 11 rings (SSSR count). The average molecular weight is 1040 g/mol. The van der Waals surface area contributed by atoms with Crippen molar-refractivity contribution in [1.82, 2.24) is 14.5 Å². The van der Waals surface area contributed by atoms with E-state index < -0.39 is 12.7 Å². The fraction of sp³-hybridized carbons (Fsp3) is 0.183. The Morgan fingerprint density at radius 1 is 0.758 bits per heavy atom. The zero-order valence-corrected chi connectivity index (χ0v) is 39.8. The number of para-hydroxylation sites is 4. The summed E-state index contributed by atoms with van der Waals surface area (Å²) in [5, 5.41) is 11.0. The quantitative estimate of drug-likeness (QED) is 0.156. The number of hydrogen-bond acceptors (Lipinski definition) is 4. The Bertz CT molecular complexity index is 3540. The van der Waals surface area contributed by atoms with Crippen molar-refractivity contribution < 1.29 is 30.0 Å². The van der Waals surface area contributed by atoms with Crippen molar-refractivity contribution in [3.05, 3.63) is 198 Å². The SMILES string of the molecule is Cc1cccc(C)c1-n1c(-c2[c-]cc(C#N)cc2)nc2ccccc21.[2H]C([2H])([2H])c1cnc(-c2[c-]ccc3c2oc2c(-c4ccccc4)cccc23)cc1-c1ccc(C2([2H])CCC(C)(C)CC2)cc1.[Ir]. The van der Waals surface area contributed by atoms with E-state index in [9.17, 15) is 1.37 Å². The van der Waals surface area contributed by atoms with E-state index in [1.165, 1.54) is 17.3 Å². The van der Waals surface area contributed by atoms with E-state index in [4.69, 9.17) is 18.8 Å². The topological polar surface area (TPSA) is 67.6 Å². The van der Waals surface area contributed by atoms with Gasteiger partial charge in [-0.1, -0.05) is 134 Å². The molecule has 3 heterocycles. The Kier molecular flexibility index (Phi) is 11.1. The zero-order valence-electron chi connectivity index (χ0n) is 41.4. The van der Waals surface area contributed by atoms with Crippen LogP contribution in [0, 0.1) is 49.6 Å². The number of rotatable bonds is 6. The average Bonchev–Trinajstić information content (AvgIpc) is 3.94. The van der Waals surface area contributed by atoms with Crippen LogP contribution in [0.3, 0.4) is 0 Å². The number of nitriles is 1. The minimum absolute atomic E-state index is 0. The Morgan fingerprint density at radius 3 is 2.20 bits per heavy atom. The van der Waals surface area contributed by atoms with Crippen LogP contribution < -0.4 is 0 Å². The molecule has 0 amide bonds. The molecule has 1 radical (unpaired) electrons. The van der Waals surface area contributed by atoms with Crippen molar-refractivity contribution in [3.63, 3.8) is 0 Å². The number of benzene rings is 7. The summed E-state index contributed by atoms with van der Waals surface area (Å²) in [5.74, 6) is 0.220. The van der Waals surface area contributed by atoms with Gasteiger partial charge in [0.2, 0.25) is 0 Å². The summed E-state index contributed by atoms with van der Waals surface area (Å²) in [7, 11) is 0. The van der Waals surface area contributed by atoms with E-state index >= 15 is 0 Å². The van der Waals surface area contributed by atoms with Crippen molar-refractivity contribution in [2.45, 2.75) is 66.1 Å². The van der Waals surface area contributed by atoms with E-state index in [-0.39, 0.29) is 31.1 Å². The van der Waals surface area contributed by atoms with Crippen molar-refractivity contribution in [2.75, 3.05) is 0 Å². The molecular formula is C60H50IrN4O-2. The third-order valence-corrected chi connectivity index (χ3v) is 12.9. The first kappa shape index (κ1) is 39.5. The molecule has 0 spiro atoms. The van der Waals surface area contributed by atoms with Crippen molar-refractivity contribution in [3.8, 4) is 56.7 Å². The first-order valence-electron chi connectivity index (χ1n) is 24.2. The van der Waals surface area contributed by atoms with Crippen molar-refractivity contribution >= 4 is 33.0 Å². The third-order valence-electron chi connectivity index (χ3n) is 12.9. The van der Waals surface area contributed by atoms with E-state index in [0.717, 1.165) is 92.4 Å². The Morgan fingerprint density at radius 2 is 1.47 bits per heavy atom. The monoisotopic (exact) mass is 1040 g/mol. The molecule has 6 heteroatoms. The summed E-state index contributed by atoms with van der Waals surface area (Å²) < 4.78 is 42.7. The molecule has 0 N–H and O–H groups in total. The molecule has 0 saturated heterocycles. The zero-order chi connectivity index (χ0) is 48.1. The van der Waals surface area contributed by atoms with Gasteiger partial charge in [-0.3, -0.25) is 4.98 Å². The molecule has 7 aromatic carbocycles. The minimum atomic E-state index is -2.34. The molecule has 1 fully saturated rings. The number of fused-ring (bicyclic) bond motifs is 4. The molecule has 10 aromatic rings. The summed E-state index contributed by atoms with van der Waals surface area (Å²) in [4.78, 5) is 9.48. The second-order valence-electron chi connectivity index (χ2n) is 17.8. The largest absolute Gasteiger partial charge is 0.500 e. The van der Waals surface area contributed by atoms with Gasteiger partial charge in [0, 0.05) is 54.5 Å². The molecule has 0 unspecified atom stereocenters. The fourth-order valence-electron chi connectivity index (χ4n) is 9.26. The molecule has 1 aliphatic carbocycles. The summed E-state index contributed by atoms with van der Waals surface area (Å²) in [6.07, 6.45) is 5.15. The number of aromatic nitrogens is 3. The van der Waals surface area contributed by atoms with E-state index in [1.807, 2.05) is 91.0 Å². The van der Waals surface area contributed by atoms with Crippen molar-refractivity contribution in [1.29, 1.82) is 5.26 Å². The van der Waals surface area contributed by atoms with Crippen LogP contribution in [0.15, 0.2) is 162 Å². The van der Waals surface area contributed by atoms with Crippen LogP contribution in [0.2, 0.25) is 0 Å². The summed E-state index contributed by atoms with van der Waals surface area (Å²) in [5.41, 5.74) is 14.6. The van der Waals surface area contributed by atoms with Gasteiger partial charge in [0.05, 0.1) is 22.4 Å². The van der Waals surface area contributed by atoms with Crippen LogP contribution in [-0.4, -0.2) is 14.5 Å². The molecule has 3 aromatic heterocycles. The molecule has 0 atom stereocenters. The van der Waals surface area contributed by atoms with Crippen LogP contribution in [0.25, 0.3) is 83.6 Å². The minimum Gasteiger partial charge on any atom is -0.500 e. The predicted octanol–water partition coefficient (Wildman–Crippen LogP) is 15.8. The van der Waals surface area contributed by atoms with Gasteiger partial charge in [0.25, 0.3) is 0 Å². The molecule has 1 aliphatic rings. The van der Waals surface area contributed by atoms with E-state index in [0.29, 0.717) is 28.0 Å². The summed E-state index contributed by atoms with van der Waals surface area (Å²) in [6.45, 7) is 6.44. The van der Waals surface area contributed by atoms with Gasteiger partial charge >= 0.3 is 0 Å². The third kappa shape index (κ3) is 8.54. The standard InChI is InChI=1S/C38H34NO.C22H16N3.Ir/c1-25-24-39-35(23-34(25)29-17-15-26(16-18-29)27-19-21-38(2,3)22-20-27)33-14-8-13-32-31-12-7-11-30(36(31)40-37(32)33)28-9-5-4-6-10-28;1-15-6-5-7-16(2)21(15)25-20-9-4-3-8-19(20)24-22(25)18-12-10-17(14-23)11-13-18;/h4-13,15-18,23-24,27H,19-22H2,1-3H3;3-12H,1-2H3;/q2*-1;/i1D3,27D;;. The van der Waals surface area contributed by atoms with Crippen LogP contribution in [0.4, 0.5) is 0 Å². The Hall–Kier alpha value is -6.90. The van der Waals surface area contributed by atoms with Gasteiger partial charge in [-0.15, -0.1) is 48.0 Å². The second-order valence-corrected chi connectivity index (χ2v) is 17.8. The summed E-state index contributed by atoms with van der Waals surface area (Å²) in [6, 6.07) is 58.5. The smallest absolute Gasteiger partial charge is 0.128 e. The van der Waals surface area contributed by atoms with Crippen molar-refractivity contribution in [2.24, 2.45) is 5.41 Å². The maximum Gasteiger partial charge on any atom is 0.128 e. The van der Waals surface area contributed by atoms with Gasteiger partial charge in [0.15, 0.2) is 0 Å². The summed E-state index contributed by atoms with van der Waals surface area (Å²) >= 11 is 0. The molecule has 327 valence electrons. The van der Waals surface area contributed by atoms with Crippen LogP contribution in [0.1, 0.15) is 78.7 Å². The number of hydrogen-bond donors (Lipinski definition) is 0. The number of nitrogens with zero attached hydrogens (tertiary/aromatic N) is 4. The van der Waals surface area contributed by atoms with E-state index in [1.54, 1.807) is 12.1 Å². The van der Waals surface area contributed by atoms with Crippen LogP contribution in [0.5, 0.6) is 0 Å². The van der Waals surface area contributed by atoms with Gasteiger partial charge in [-0.2, -0.15) is 0 Å². The second kappa shape index (κ2) is 18.5. The molecule has 0 bridgehead atoms. The van der Waals surface area contributed by atoms with Crippen LogP contribution >= 0.6 is 0 Å². The number of aryl methyl sites for hydroxylation is 3. The van der Waals surface area contributed by atoms with E-state index in [2.05, 4.69) is 104 Å². The number of pyridine rings is 1. The normalized spacial score (nSPS) is 15.1. The predicted molar refractivity (Wildman–Crippen MR) is 266 cm³/mol. The van der Waals surface area contributed by atoms with Crippen LogP contribution in [-0.2, 0) is 20.1 Å². The Labute approximate surface area is 406 Å². The van der Waals surface area contributed by atoms with Gasteiger partial charge in [-0.25, -0.2) is 5.26 Å². The molecule has 1 saturated carbocycles. The fourth-order valence-corrected chi connectivity index (χ4v) is 9.26. The van der Waals surface area contributed by atoms with Gasteiger partial charge < -0.3 is 14.0 Å². The van der Waals surface area contributed by atoms with Gasteiger partial charge in [-0.05, 0) is 120 Å². The van der Waals surface area contributed by atoms with Gasteiger partial charge in [0.1, 0.15) is 5.58 Å². The number of imidazole rings is 1. The maximum absolute atomic E-state index is 9.18. The molecule has 0 aliphatic heterocycles. The first-order chi connectivity index (χ1) is 33.2. The molecule has 5 nitrogen and oxygen atoms in total. The first-order valence-corrected chi connectivity index (χ1v) is 22.2. The Balaban J connectivity index is 0.000000199. The number of furan rings is 1. The maximum atomic E-state index is 9.18. The molecule has 66 heavy (non-hydrogen) atoms.